The van der Waals surface area contributed by atoms with Gasteiger partial charge in [0.2, 0.25) is 10.0 Å². The van der Waals surface area contributed by atoms with Gasteiger partial charge in [0.25, 0.3) is 5.91 Å². The number of hydrogen-bond donors (Lipinski definition) is 0. The predicted molar refractivity (Wildman–Crippen MR) is 132 cm³/mol. The fourth-order valence-electron chi connectivity index (χ4n) is 3.73. The summed E-state index contributed by atoms with van der Waals surface area (Å²) in [7, 11) is -3.61. The maximum atomic E-state index is 13.1. The second-order valence-corrected chi connectivity index (χ2v) is 12.7. The summed E-state index contributed by atoms with van der Waals surface area (Å²) in [6.45, 7) is 7.36. The van der Waals surface area contributed by atoms with Crippen LogP contribution in [0.3, 0.4) is 0 Å². The van der Waals surface area contributed by atoms with Crippen molar-refractivity contribution in [2.75, 3.05) is 26.2 Å². The molecule has 0 spiro atoms. The van der Waals surface area contributed by atoms with Gasteiger partial charge in [0.1, 0.15) is 4.88 Å². The van der Waals surface area contributed by atoms with E-state index >= 15 is 0 Å². The van der Waals surface area contributed by atoms with Crippen LogP contribution in [-0.2, 0) is 15.4 Å². The van der Waals surface area contributed by atoms with Gasteiger partial charge in [-0.05, 0) is 35.2 Å². The van der Waals surface area contributed by atoms with E-state index in [1.54, 1.807) is 29.2 Å². The smallest absolute Gasteiger partial charge is 0.265 e. The van der Waals surface area contributed by atoms with Crippen molar-refractivity contribution in [3.63, 3.8) is 0 Å². The Hall–Kier alpha value is -1.64. The van der Waals surface area contributed by atoms with Crippen molar-refractivity contribution in [2.45, 2.75) is 31.1 Å². The minimum Gasteiger partial charge on any atom is -0.335 e. The van der Waals surface area contributed by atoms with Crippen LogP contribution in [0.25, 0.3) is 10.1 Å². The number of fused-ring (bicyclic) bond motifs is 1. The summed E-state index contributed by atoms with van der Waals surface area (Å²) in [4.78, 5) is 15.5. The standard InChI is InChI=1S/C23H24Cl2N2O3S2/c1-23(2,3)15-4-7-17(8-5-15)32(29,30)27-12-10-26(11-13-27)22(28)21-20(25)18-9-6-16(24)14-19(18)31-21/h4-9,14H,10-13H2,1-3H3. The van der Waals surface area contributed by atoms with Gasteiger partial charge >= 0.3 is 0 Å². The number of rotatable bonds is 3. The van der Waals surface area contributed by atoms with E-state index in [1.165, 1.54) is 15.6 Å². The molecule has 32 heavy (non-hydrogen) atoms. The Balaban J connectivity index is 1.48. The van der Waals surface area contributed by atoms with E-state index in [9.17, 15) is 13.2 Å². The second kappa shape index (κ2) is 8.61. The van der Waals surface area contributed by atoms with Crippen molar-refractivity contribution in [1.82, 2.24) is 9.21 Å². The topological polar surface area (TPSA) is 57.7 Å². The van der Waals surface area contributed by atoms with Crippen molar-refractivity contribution in [3.8, 4) is 0 Å². The first kappa shape index (κ1) is 23.5. The van der Waals surface area contributed by atoms with E-state index in [1.807, 2.05) is 18.2 Å². The molecule has 1 aromatic heterocycles. The molecule has 1 saturated heterocycles. The first-order valence-electron chi connectivity index (χ1n) is 10.3. The zero-order valence-electron chi connectivity index (χ0n) is 18.1. The summed E-state index contributed by atoms with van der Waals surface area (Å²) < 4.78 is 28.5. The number of piperazine rings is 1. The number of benzene rings is 2. The second-order valence-electron chi connectivity index (χ2n) is 8.86. The molecule has 0 unspecified atom stereocenters. The summed E-state index contributed by atoms with van der Waals surface area (Å²) in [6.07, 6.45) is 0. The van der Waals surface area contributed by atoms with Gasteiger partial charge in [0, 0.05) is 41.3 Å². The lowest BCUT2D eigenvalue weighted by molar-refractivity contribution is 0.0703. The summed E-state index contributed by atoms with van der Waals surface area (Å²) in [6, 6.07) is 12.4. The molecule has 2 aromatic carbocycles. The number of amides is 1. The predicted octanol–water partition coefficient (Wildman–Crippen LogP) is 5.65. The molecule has 3 aromatic rings. The van der Waals surface area contributed by atoms with E-state index in [0.717, 1.165) is 15.6 Å². The van der Waals surface area contributed by atoms with Crippen molar-refractivity contribution in [2.24, 2.45) is 0 Å². The lowest BCUT2D eigenvalue weighted by Gasteiger charge is -2.34. The van der Waals surface area contributed by atoms with E-state index in [2.05, 4.69) is 20.8 Å². The zero-order chi connectivity index (χ0) is 23.3. The molecule has 1 amide bonds. The molecule has 0 N–H and O–H groups in total. The monoisotopic (exact) mass is 510 g/mol. The van der Waals surface area contributed by atoms with Crippen molar-refractivity contribution in [1.29, 1.82) is 0 Å². The summed E-state index contributed by atoms with van der Waals surface area (Å²) in [5, 5.41) is 1.80. The Morgan fingerprint density at radius 1 is 0.969 bits per heavy atom. The molecule has 9 heteroatoms. The van der Waals surface area contributed by atoms with Crippen LogP contribution in [0.5, 0.6) is 0 Å². The first-order valence-corrected chi connectivity index (χ1v) is 13.3. The highest BCUT2D eigenvalue weighted by atomic mass is 35.5. The lowest BCUT2D eigenvalue weighted by atomic mass is 9.87. The fourth-order valence-corrected chi connectivity index (χ4v) is 6.91. The molecule has 2 heterocycles. The van der Waals surface area contributed by atoms with Crippen LogP contribution in [0.1, 0.15) is 36.0 Å². The first-order chi connectivity index (χ1) is 15.0. The van der Waals surface area contributed by atoms with Crippen LogP contribution in [0, 0.1) is 0 Å². The molecule has 1 fully saturated rings. The number of sulfonamides is 1. The molecule has 0 bridgehead atoms. The Kier molecular flexibility index (Phi) is 6.33. The fraction of sp³-hybridized carbons (Fsp3) is 0.348. The molecule has 5 nitrogen and oxygen atoms in total. The zero-order valence-corrected chi connectivity index (χ0v) is 21.2. The van der Waals surface area contributed by atoms with Crippen LogP contribution < -0.4 is 0 Å². The molecule has 170 valence electrons. The van der Waals surface area contributed by atoms with Crippen LogP contribution in [0.4, 0.5) is 0 Å². The van der Waals surface area contributed by atoms with Crippen LogP contribution in [0.15, 0.2) is 47.4 Å². The summed E-state index contributed by atoms with van der Waals surface area (Å²) >= 11 is 13.8. The number of halogens is 2. The molecule has 0 radical (unpaired) electrons. The van der Waals surface area contributed by atoms with Crippen molar-refractivity contribution < 1.29 is 13.2 Å². The van der Waals surface area contributed by atoms with Crippen molar-refractivity contribution >= 4 is 60.6 Å². The quantitative estimate of drug-likeness (QED) is 0.457. The number of nitrogens with zero attached hydrogens (tertiary/aromatic N) is 2. The summed E-state index contributed by atoms with van der Waals surface area (Å²) in [5.41, 5.74) is 1.03. The van der Waals surface area contributed by atoms with E-state index in [4.69, 9.17) is 23.2 Å². The van der Waals surface area contributed by atoms with Crippen LogP contribution in [0.2, 0.25) is 10.0 Å². The van der Waals surface area contributed by atoms with E-state index in [-0.39, 0.29) is 29.3 Å². The van der Waals surface area contributed by atoms with Gasteiger partial charge in [-0.25, -0.2) is 8.42 Å². The average Bonchev–Trinajstić information content (AvgIpc) is 3.08. The highest BCUT2D eigenvalue weighted by molar-refractivity contribution is 7.89. The Bertz CT molecular complexity index is 1270. The Labute approximate surface area is 202 Å². The SMILES string of the molecule is CC(C)(C)c1ccc(S(=O)(=O)N2CCN(C(=O)c3sc4cc(Cl)ccc4c3Cl)CC2)cc1. The average molecular weight is 511 g/mol. The minimum atomic E-state index is -3.61. The van der Waals surface area contributed by atoms with Gasteiger partial charge in [-0.15, -0.1) is 11.3 Å². The van der Waals surface area contributed by atoms with Gasteiger partial charge < -0.3 is 4.90 Å². The third-order valence-corrected chi connectivity index (χ3v) is 9.46. The number of thiophene rings is 1. The highest BCUT2D eigenvalue weighted by Crippen LogP contribution is 2.37. The van der Waals surface area contributed by atoms with Crippen LogP contribution >= 0.6 is 34.5 Å². The molecule has 1 aliphatic heterocycles. The van der Waals surface area contributed by atoms with Crippen LogP contribution in [-0.4, -0.2) is 49.7 Å². The van der Waals surface area contributed by atoms with Gasteiger partial charge in [0.15, 0.2) is 0 Å². The maximum absolute atomic E-state index is 13.1. The van der Waals surface area contributed by atoms with Gasteiger partial charge in [-0.2, -0.15) is 4.31 Å². The molecule has 0 saturated carbocycles. The number of carbonyl (C=O) groups excluding carboxylic acids is 1. The molecule has 0 atom stereocenters. The Morgan fingerprint density at radius 2 is 1.59 bits per heavy atom. The molecule has 1 aliphatic rings. The number of carbonyl (C=O) groups is 1. The van der Waals surface area contributed by atoms with E-state index in [0.29, 0.717) is 28.0 Å². The largest absolute Gasteiger partial charge is 0.335 e. The van der Waals surface area contributed by atoms with Gasteiger partial charge in [-0.1, -0.05) is 62.2 Å². The third kappa shape index (κ3) is 4.41. The normalized spacial score (nSPS) is 16.0. The molecular formula is C23H24Cl2N2O3S2. The maximum Gasteiger partial charge on any atom is 0.265 e. The molecule has 4 rings (SSSR count). The third-order valence-electron chi connectivity index (χ3n) is 5.67. The molecular weight excluding hydrogens is 487 g/mol. The highest BCUT2D eigenvalue weighted by Gasteiger charge is 2.32. The van der Waals surface area contributed by atoms with E-state index < -0.39 is 10.0 Å². The molecule has 0 aliphatic carbocycles. The lowest BCUT2D eigenvalue weighted by Crippen LogP contribution is -2.50. The van der Waals surface area contributed by atoms with Gasteiger partial charge in [0.05, 0.1) is 9.92 Å². The minimum absolute atomic E-state index is 0.0481. The summed E-state index contributed by atoms with van der Waals surface area (Å²) in [5.74, 6) is -0.182. The van der Waals surface area contributed by atoms with Crippen molar-refractivity contribution in [3.05, 3.63) is 63.0 Å². The van der Waals surface area contributed by atoms with Gasteiger partial charge in [-0.3, -0.25) is 4.79 Å². The number of hydrogen-bond acceptors (Lipinski definition) is 4. The Morgan fingerprint density at radius 3 is 2.19 bits per heavy atom.